The molecule has 0 aliphatic heterocycles. The first-order valence-corrected chi connectivity index (χ1v) is 12.6. The second-order valence-corrected chi connectivity index (χ2v) is 10.3. The maximum absolute atomic E-state index is 12.2. The zero-order valence-corrected chi connectivity index (χ0v) is 20.2. The smallest absolute Gasteiger partial charge is 0.269 e. The van der Waals surface area contributed by atoms with Crippen LogP contribution < -0.4 is 10.9 Å². The molecule has 2 heterocycles. The minimum Gasteiger partial charge on any atom is -0.304 e. The van der Waals surface area contributed by atoms with Crippen molar-refractivity contribution in [2.75, 3.05) is 5.75 Å². The number of rotatable bonds is 6. The quantitative estimate of drug-likeness (QED) is 0.399. The lowest BCUT2D eigenvalue weighted by Crippen LogP contribution is -2.42. The molecule has 10 heteroatoms. The van der Waals surface area contributed by atoms with Gasteiger partial charge in [-0.3, -0.25) is 20.4 Å². The SMILES string of the molecule is CCC1CCc2sc(-c3nnc(SCC(=O)NNC(=O)c4ccc(Cl)cc4)n3C)cc2C1. The molecule has 0 bridgehead atoms. The summed E-state index contributed by atoms with van der Waals surface area (Å²) >= 11 is 8.89. The number of amides is 2. The summed E-state index contributed by atoms with van der Waals surface area (Å²) in [5.41, 5.74) is 6.67. The topological polar surface area (TPSA) is 88.9 Å². The van der Waals surface area contributed by atoms with Gasteiger partial charge in [-0.05, 0) is 61.1 Å². The van der Waals surface area contributed by atoms with Crippen LogP contribution in [0.15, 0.2) is 35.5 Å². The normalized spacial score (nSPS) is 15.3. The third-order valence-corrected chi connectivity index (χ3v) is 8.08. The third-order valence-electron chi connectivity index (χ3n) is 5.57. The summed E-state index contributed by atoms with van der Waals surface area (Å²) in [4.78, 5) is 26.8. The van der Waals surface area contributed by atoms with Crippen molar-refractivity contribution in [1.29, 1.82) is 0 Å². The number of carbonyl (C=O) groups excluding carboxylic acids is 2. The number of carbonyl (C=O) groups is 2. The number of hydrogen-bond donors (Lipinski definition) is 2. The van der Waals surface area contributed by atoms with Crippen molar-refractivity contribution >= 4 is 46.5 Å². The van der Waals surface area contributed by atoms with E-state index in [0.717, 1.165) is 29.5 Å². The fraction of sp³-hybridized carbons (Fsp3) is 0.364. The molecular weight excluding hydrogens is 466 g/mol. The summed E-state index contributed by atoms with van der Waals surface area (Å²) in [5, 5.41) is 9.80. The van der Waals surface area contributed by atoms with Gasteiger partial charge in [0.1, 0.15) is 0 Å². The van der Waals surface area contributed by atoms with Crippen molar-refractivity contribution < 1.29 is 9.59 Å². The molecule has 0 saturated heterocycles. The highest BCUT2D eigenvalue weighted by molar-refractivity contribution is 7.99. The van der Waals surface area contributed by atoms with Gasteiger partial charge in [0.05, 0.1) is 10.6 Å². The molecule has 4 rings (SSSR count). The van der Waals surface area contributed by atoms with E-state index in [1.807, 2.05) is 11.6 Å². The summed E-state index contributed by atoms with van der Waals surface area (Å²) in [6.45, 7) is 2.26. The maximum atomic E-state index is 12.2. The molecule has 3 aromatic rings. The molecule has 1 unspecified atom stereocenters. The van der Waals surface area contributed by atoms with Crippen molar-refractivity contribution in [3.05, 3.63) is 51.4 Å². The molecule has 0 spiro atoms. The van der Waals surface area contributed by atoms with Crippen LogP contribution in [-0.2, 0) is 24.7 Å². The standard InChI is InChI=1S/C22H24ClN5O2S2/c1-3-13-4-9-17-15(10-13)11-18(32-17)20-25-27-22(28(20)2)31-12-19(29)24-26-21(30)14-5-7-16(23)8-6-14/h5-8,11,13H,3-4,9-10,12H2,1-2H3,(H,24,29)(H,26,30). The molecule has 1 aromatic carbocycles. The molecule has 0 radical (unpaired) electrons. The molecule has 32 heavy (non-hydrogen) atoms. The average Bonchev–Trinajstić information content (AvgIpc) is 3.38. The van der Waals surface area contributed by atoms with E-state index in [-0.39, 0.29) is 11.7 Å². The zero-order chi connectivity index (χ0) is 22.7. The Balaban J connectivity index is 1.32. The van der Waals surface area contributed by atoms with Crippen LogP contribution in [0.1, 0.15) is 40.6 Å². The van der Waals surface area contributed by atoms with E-state index < -0.39 is 5.91 Å². The number of aromatic nitrogens is 3. The minimum absolute atomic E-state index is 0.103. The monoisotopic (exact) mass is 489 g/mol. The predicted molar refractivity (Wildman–Crippen MR) is 128 cm³/mol. The van der Waals surface area contributed by atoms with E-state index in [0.29, 0.717) is 15.7 Å². The number of benzene rings is 1. The van der Waals surface area contributed by atoms with Crippen LogP contribution in [0.5, 0.6) is 0 Å². The van der Waals surface area contributed by atoms with Crippen molar-refractivity contribution in [3.8, 4) is 10.7 Å². The number of thiophene rings is 1. The van der Waals surface area contributed by atoms with Gasteiger partial charge in [0, 0.05) is 22.5 Å². The summed E-state index contributed by atoms with van der Waals surface area (Å²) in [7, 11) is 1.91. The molecule has 168 valence electrons. The summed E-state index contributed by atoms with van der Waals surface area (Å²) in [6.07, 6.45) is 4.76. The second kappa shape index (κ2) is 10.1. The van der Waals surface area contributed by atoms with Crippen molar-refractivity contribution in [2.24, 2.45) is 13.0 Å². The molecule has 1 atom stereocenters. The minimum atomic E-state index is -0.409. The largest absolute Gasteiger partial charge is 0.304 e. The van der Waals surface area contributed by atoms with Gasteiger partial charge in [-0.15, -0.1) is 21.5 Å². The highest BCUT2D eigenvalue weighted by Gasteiger charge is 2.22. The molecule has 2 aromatic heterocycles. The fourth-order valence-electron chi connectivity index (χ4n) is 3.68. The van der Waals surface area contributed by atoms with E-state index in [9.17, 15) is 9.59 Å². The van der Waals surface area contributed by atoms with E-state index in [1.165, 1.54) is 35.0 Å². The maximum Gasteiger partial charge on any atom is 0.269 e. The van der Waals surface area contributed by atoms with Gasteiger partial charge < -0.3 is 4.57 Å². The highest BCUT2D eigenvalue weighted by Crippen LogP contribution is 2.37. The van der Waals surface area contributed by atoms with Crippen LogP contribution in [0.2, 0.25) is 5.02 Å². The zero-order valence-electron chi connectivity index (χ0n) is 17.9. The van der Waals surface area contributed by atoms with Gasteiger partial charge in [0.25, 0.3) is 5.91 Å². The van der Waals surface area contributed by atoms with Gasteiger partial charge in [-0.1, -0.05) is 36.7 Å². The van der Waals surface area contributed by atoms with E-state index >= 15 is 0 Å². The van der Waals surface area contributed by atoms with Crippen LogP contribution in [0.3, 0.4) is 0 Å². The predicted octanol–water partition coefficient (Wildman–Crippen LogP) is 4.27. The van der Waals surface area contributed by atoms with Crippen LogP contribution in [-0.4, -0.2) is 32.3 Å². The first-order valence-electron chi connectivity index (χ1n) is 10.4. The molecular formula is C22H24ClN5O2S2. The first kappa shape index (κ1) is 22.8. The lowest BCUT2D eigenvalue weighted by atomic mass is 9.87. The highest BCUT2D eigenvalue weighted by atomic mass is 35.5. The van der Waals surface area contributed by atoms with Crippen molar-refractivity contribution in [3.63, 3.8) is 0 Å². The fourth-order valence-corrected chi connectivity index (χ4v) is 5.74. The lowest BCUT2D eigenvalue weighted by Gasteiger charge is -2.19. The third kappa shape index (κ3) is 5.16. The summed E-state index contributed by atoms with van der Waals surface area (Å²) < 4.78 is 1.92. The molecule has 2 N–H and O–H groups in total. The molecule has 2 amide bonds. The number of halogens is 1. The number of nitrogens with one attached hydrogen (secondary N) is 2. The number of fused-ring (bicyclic) bond motifs is 1. The van der Waals surface area contributed by atoms with Gasteiger partial charge in [0.15, 0.2) is 11.0 Å². The van der Waals surface area contributed by atoms with Crippen LogP contribution in [0, 0.1) is 5.92 Å². The summed E-state index contributed by atoms with van der Waals surface area (Å²) in [5.74, 6) is 0.948. The van der Waals surface area contributed by atoms with Crippen LogP contribution >= 0.6 is 34.7 Å². The Kier molecular flexibility index (Phi) is 7.17. The molecule has 1 aliphatic rings. The molecule has 0 saturated carbocycles. The summed E-state index contributed by atoms with van der Waals surface area (Å²) in [6, 6.07) is 8.66. The Hall–Kier alpha value is -2.36. The lowest BCUT2D eigenvalue weighted by molar-refractivity contribution is -0.119. The average molecular weight is 490 g/mol. The van der Waals surface area contributed by atoms with Gasteiger partial charge >= 0.3 is 0 Å². The van der Waals surface area contributed by atoms with Crippen LogP contribution in [0.25, 0.3) is 10.7 Å². The molecule has 0 fully saturated rings. The number of hydrogen-bond acceptors (Lipinski definition) is 6. The Morgan fingerprint density at radius 2 is 2.03 bits per heavy atom. The van der Waals surface area contributed by atoms with Crippen LogP contribution in [0.4, 0.5) is 0 Å². The first-order chi connectivity index (χ1) is 15.4. The van der Waals surface area contributed by atoms with Gasteiger partial charge in [-0.2, -0.15) is 0 Å². The Morgan fingerprint density at radius 1 is 1.25 bits per heavy atom. The number of thioether (sulfide) groups is 1. The second-order valence-electron chi connectivity index (χ2n) is 7.74. The van der Waals surface area contributed by atoms with Gasteiger partial charge in [-0.25, -0.2) is 0 Å². The van der Waals surface area contributed by atoms with E-state index in [1.54, 1.807) is 35.6 Å². The van der Waals surface area contributed by atoms with Crippen molar-refractivity contribution in [2.45, 2.75) is 37.8 Å². The van der Waals surface area contributed by atoms with E-state index in [4.69, 9.17) is 11.6 Å². The van der Waals surface area contributed by atoms with Gasteiger partial charge in [0.2, 0.25) is 5.91 Å². The molecule has 1 aliphatic carbocycles. The Labute approximate surface area is 199 Å². The van der Waals surface area contributed by atoms with E-state index in [2.05, 4.69) is 34.0 Å². The Morgan fingerprint density at radius 3 is 2.78 bits per heavy atom. The molecule has 7 nitrogen and oxygen atoms in total. The Bertz CT molecular complexity index is 1130. The number of aryl methyl sites for hydroxylation is 1. The number of hydrazine groups is 1. The number of nitrogens with zero attached hydrogens (tertiary/aromatic N) is 3. The van der Waals surface area contributed by atoms with Crippen molar-refractivity contribution in [1.82, 2.24) is 25.6 Å².